The minimum atomic E-state index is -0.0240. The first-order valence-corrected chi connectivity index (χ1v) is 6.04. The Labute approximate surface area is 107 Å². The molecule has 4 heteroatoms. The third-order valence-corrected chi connectivity index (χ3v) is 2.77. The summed E-state index contributed by atoms with van der Waals surface area (Å²) in [5.74, 6) is 1.02. The lowest BCUT2D eigenvalue weighted by atomic mass is 9.95. The summed E-state index contributed by atoms with van der Waals surface area (Å²) in [6.07, 6.45) is 0. The van der Waals surface area contributed by atoms with Gasteiger partial charge in [-0.1, -0.05) is 45.1 Å². The van der Waals surface area contributed by atoms with Gasteiger partial charge in [0.2, 0.25) is 0 Å². The molecule has 0 saturated heterocycles. The summed E-state index contributed by atoms with van der Waals surface area (Å²) in [6.45, 7) is 6.97. The van der Waals surface area contributed by atoms with Gasteiger partial charge < -0.3 is 10.3 Å². The molecule has 0 amide bonds. The lowest BCUT2D eigenvalue weighted by Gasteiger charge is -2.19. The van der Waals surface area contributed by atoms with Gasteiger partial charge in [0.05, 0.1) is 22.6 Å². The summed E-state index contributed by atoms with van der Waals surface area (Å²) >= 11 is 5.02. The smallest absolute Gasteiger partial charge is 0.115 e. The zero-order valence-corrected chi connectivity index (χ0v) is 11.2. The van der Waals surface area contributed by atoms with E-state index in [4.69, 9.17) is 18.0 Å². The van der Waals surface area contributed by atoms with Crippen molar-refractivity contribution in [2.45, 2.75) is 32.7 Å². The van der Waals surface area contributed by atoms with Gasteiger partial charge in [-0.15, -0.1) is 0 Å². The fourth-order valence-electron chi connectivity index (χ4n) is 1.96. The molecule has 0 spiro atoms. The Hall–Kier alpha value is -1.42. The Morgan fingerprint density at radius 3 is 2.59 bits per heavy atom. The first-order chi connectivity index (χ1) is 7.89. The van der Waals surface area contributed by atoms with Crippen molar-refractivity contribution < 1.29 is 0 Å². The van der Waals surface area contributed by atoms with E-state index in [1.54, 1.807) is 0 Å². The lowest BCUT2D eigenvalue weighted by Crippen LogP contribution is -2.24. The highest BCUT2D eigenvalue weighted by Crippen LogP contribution is 2.26. The van der Waals surface area contributed by atoms with Gasteiger partial charge in [0.1, 0.15) is 5.82 Å². The van der Waals surface area contributed by atoms with Crippen LogP contribution in [0.25, 0.3) is 11.0 Å². The second-order valence-corrected chi connectivity index (χ2v) is 5.75. The molecule has 0 aliphatic carbocycles. The summed E-state index contributed by atoms with van der Waals surface area (Å²) in [5.41, 5.74) is 7.73. The number of hydrogen-bond donors (Lipinski definition) is 1. The normalized spacial score (nSPS) is 11.9. The number of rotatable bonds is 2. The van der Waals surface area contributed by atoms with E-state index in [0.29, 0.717) is 11.5 Å². The number of thiocarbonyl (C=S) groups is 1. The topological polar surface area (TPSA) is 43.8 Å². The van der Waals surface area contributed by atoms with Gasteiger partial charge in [0, 0.05) is 5.41 Å². The van der Waals surface area contributed by atoms with Crippen LogP contribution in [0, 0.1) is 0 Å². The molecule has 0 aliphatic heterocycles. The molecule has 1 aromatic heterocycles. The van der Waals surface area contributed by atoms with E-state index >= 15 is 0 Å². The summed E-state index contributed by atoms with van der Waals surface area (Å²) in [5, 5.41) is 0. The maximum atomic E-state index is 5.67. The maximum Gasteiger partial charge on any atom is 0.115 e. The predicted octanol–water partition coefficient (Wildman–Crippen LogP) is 2.62. The zero-order valence-electron chi connectivity index (χ0n) is 10.4. The van der Waals surface area contributed by atoms with E-state index in [2.05, 4.69) is 36.4 Å². The molecule has 0 atom stereocenters. The highest BCUT2D eigenvalue weighted by atomic mass is 32.1. The molecule has 0 aliphatic rings. The molecule has 0 radical (unpaired) electrons. The second-order valence-electron chi connectivity index (χ2n) is 5.23. The number of aromatic nitrogens is 2. The quantitative estimate of drug-likeness (QED) is 0.830. The van der Waals surface area contributed by atoms with Crippen LogP contribution in [-0.2, 0) is 12.0 Å². The van der Waals surface area contributed by atoms with Crippen LogP contribution in [0.1, 0.15) is 26.6 Å². The molecule has 1 aromatic carbocycles. The van der Waals surface area contributed by atoms with Crippen LogP contribution in [0.5, 0.6) is 0 Å². The van der Waals surface area contributed by atoms with Crippen molar-refractivity contribution in [2.75, 3.05) is 0 Å². The van der Waals surface area contributed by atoms with Crippen LogP contribution in [0.4, 0.5) is 0 Å². The summed E-state index contributed by atoms with van der Waals surface area (Å²) < 4.78 is 2.11. The Kier molecular flexibility index (Phi) is 2.91. The lowest BCUT2D eigenvalue weighted by molar-refractivity contribution is 0.521. The molecule has 0 fully saturated rings. The molecular weight excluding hydrogens is 230 g/mol. The fourth-order valence-corrected chi connectivity index (χ4v) is 2.09. The first-order valence-electron chi connectivity index (χ1n) is 5.63. The van der Waals surface area contributed by atoms with E-state index in [9.17, 15) is 0 Å². The zero-order chi connectivity index (χ0) is 12.6. The van der Waals surface area contributed by atoms with Crippen molar-refractivity contribution in [3.63, 3.8) is 0 Å². The summed E-state index contributed by atoms with van der Waals surface area (Å²) in [6, 6.07) is 8.07. The van der Waals surface area contributed by atoms with Crippen molar-refractivity contribution in [3.05, 3.63) is 30.1 Å². The average Bonchev–Trinajstić information content (AvgIpc) is 2.56. The first kappa shape index (κ1) is 12.0. The minimum absolute atomic E-state index is 0.0240. The Morgan fingerprint density at radius 1 is 1.35 bits per heavy atom. The van der Waals surface area contributed by atoms with E-state index in [1.807, 2.05) is 18.2 Å². The highest BCUT2D eigenvalue weighted by molar-refractivity contribution is 7.80. The number of para-hydroxylation sites is 2. The predicted molar refractivity (Wildman–Crippen MR) is 75.2 cm³/mol. The SMILES string of the molecule is CC(C)(C)c1nc2ccccc2n1CC(N)=S. The van der Waals surface area contributed by atoms with Gasteiger partial charge in [0.15, 0.2) is 0 Å². The number of nitrogens with zero attached hydrogens (tertiary/aromatic N) is 2. The molecule has 0 saturated carbocycles. The van der Waals surface area contributed by atoms with E-state index in [1.165, 1.54) is 0 Å². The van der Waals surface area contributed by atoms with Crippen LogP contribution in [0.3, 0.4) is 0 Å². The van der Waals surface area contributed by atoms with Gasteiger partial charge in [-0.05, 0) is 12.1 Å². The van der Waals surface area contributed by atoms with E-state index < -0.39 is 0 Å². The van der Waals surface area contributed by atoms with Crippen molar-refractivity contribution in [1.82, 2.24) is 9.55 Å². The largest absolute Gasteiger partial charge is 0.392 e. The standard InChI is InChI=1S/C13H17N3S/c1-13(2,3)12-15-9-6-4-5-7-10(9)16(12)8-11(14)17/h4-7H,8H2,1-3H3,(H2,14,17). The van der Waals surface area contributed by atoms with Crippen LogP contribution < -0.4 is 5.73 Å². The van der Waals surface area contributed by atoms with Crippen molar-refractivity contribution in [2.24, 2.45) is 5.73 Å². The summed E-state index contributed by atoms with van der Waals surface area (Å²) in [4.78, 5) is 5.17. The highest BCUT2D eigenvalue weighted by Gasteiger charge is 2.22. The summed E-state index contributed by atoms with van der Waals surface area (Å²) in [7, 11) is 0. The van der Waals surface area contributed by atoms with Gasteiger partial charge >= 0.3 is 0 Å². The monoisotopic (exact) mass is 247 g/mol. The average molecular weight is 247 g/mol. The van der Waals surface area contributed by atoms with E-state index in [-0.39, 0.29) is 5.41 Å². The second kappa shape index (κ2) is 4.11. The number of imidazole rings is 1. The number of fused-ring (bicyclic) bond motifs is 1. The maximum absolute atomic E-state index is 5.67. The van der Waals surface area contributed by atoms with Gasteiger partial charge in [-0.3, -0.25) is 0 Å². The molecule has 3 nitrogen and oxygen atoms in total. The molecule has 90 valence electrons. The molecule has 0 bridgehead atoms. The van der Waals surface area contributed by atoms with Gasteiger partial charge in [-0.2, -0.15) is 0 Å². The molecular formula is C13H17N3S. The van der Waals surface area contributed by atoms with Crippen molar-refractivity contribution in [3.8, 4) is 0 Å². The minimum Gasteiger partial charge on any atom is -0.392 e. The third-order valence-electron chi connectivity index (χ3n) is 2.64. The number of hydrogen-bond acceptors (Lipinski definition) is 2. The van der Waals surface area contributed by atoms with Gasteiger partial charge in [0.25, 0.3) is 0 Å². The Bertz CT molecular complexity index is 564. The Balaban J connectivity index is 2.69. The molecule has 2 rings (SSSR count). The van der Waals surface area contributed by atoms with Crippen LogP contribution in [0.15, 0.2) is 24.3 Å². The van der Waals surface area contributed by atoms with Crippen LogP contribution >= 0.6 is 12.2 Å². The molecule has 0 unspecified atom stereocenters. The van der Waals surface area contributed by atoms with E-state index in [0.717, 1.165) is 16.9 Å². The Morgan fingerprint density at radius 2 is 2.00 bits per heavy atom. The molecule has 1 heterocycles. The molecule has 2 N–H and O–H groups in total. The van der Waals surface area contributed by atoms with Crippen LogP contribution in [-0.4, -0.2) is 14.5 Å². The van der Waals surface area contributed by atoms with Crippen molar-refractivity contribution >= 4 is 28.2 Å². The van der Waals surface area contributed by atoms with Gasteiger partial charge in [-0.25, -0.2) is 4.98 Å². The number of nitrogens with two attached hydrogens (primary N) is 1. The van der Waals surface area contributed by atoms with Crippen LogP contribution in [0.2, 0.25) is 0 Å². The third kappa shape index (κ3) is 2.31. The molecule has 2 aromatic rings. The van der Waals surface area contributed by atoms with Crippen molar-refractivity contribution in [1.29, 1.82) is 0 Å². The number of benzene rings is 1. The molecule has 17 heavy (non-hydrogen) atoms. The fraction of sp³-hybridized carbons (Fsp3) is 0.385.